The van der Waals surface area contributed by atoms with Crippen LogP contribution in [0.5, 0.6) is 5.75 Å². The number of fused-ring (bicyclic) bond motifs is 1. The van der Waals surface area contributed by atoms with Crippen LogP contribution in [0.2, 0.25) is 0 Å². The van der Waals surface area contributed by atoms with Gasteiger partial charge in [0.05, 0.1) is 10.6 Å². The van der Waals surface area contributed by atoms with Crippen molar-refractivity contribution in [2.24, 2.45) is 0 Å². The zero-order valence-corrected chi connectivity index (χ0v) is 17.0. The minimum absolute atomic E-state index is 0. The van der Waals surface area contributed by atoms with Gasteiger partial charge in [-0.05, 0) is 55.8 Å². The van der Waals surface area contributed by atoms with E-state index in [2.05, 4.69) is 5.32 Å². The molecule has 154 valence electrons. The van der Waals surface area contributed by atoms with Crippen LogP contribution in [0.1, 0.15) is 23.7 Å². The molecule has 0 spiro atoms. The van der Waals surface area contributed by atoms with Gasteiger partial charge in [0.2, 0.25) is 0 Å². The second-order valence-corrected chi connectivity index (χ2v) is 8.49. The lowest BCUT2D eigenvalue weighted by Gasteiger charge is -2.14. The zero-order chi connectivity index (χ0) is 20.1. The number of aromatic hydroxyl groups is 1. The third-order valence-corrected chi connectivity index (χ3v) is 6.79. The minimum Gasteiger partial charge on any atom is -0.508 e. The third-order valence-electron chi connectivity index (χ3n) is 5.05. The Morgan fingerprint density at radius 2 is 1.90 bits per heavy atom. The predicted octanol–water partition coefficient (Wildman–Crippen LogP) is 4.00. The Labute approximate surface area is 173 Å². The molecule has 0 bridgehead atoms. The molecule has 1 aromatic heterocycles. The van der Waals surface area contributed by atoms with Gasteiger partial charge < -0.3 is 10.4 Å². The van der Waals surface area contributed by atoms with Crippen LogP contribution >= 0.6 is 12.4 Å². The summed E-state index contributed by atoms with van der Waals surface area (Å²) in [6.07, 6.45) is 1.20. The lowest BCUT2D eigenvalue weighted by Crippen LogP contribution is -2.17. The molecule has 0 aliphatic heterocycles. The highest BCUT2D eigenvalue weighted by atomic mass is 35.5. The molecule has 1 aliphatic carbocycles. The maximum atomic E-state index is 14.5. The zero-order valence-electron chi connectivity index (χ0n) is 15.4. The van der Waals surface area contributed by atoms with Crippen molar-refractivity contribution < 1.29 is 22.3 Å². The lowest BCUT2D eigenvalue weighted by atomic mass is 10.1. The Bertz CT molecular complexity index is 1180. The summed E-state index contributed by atoms with van der Waals surface area (Å²) in [6.45, 7) is 0. The van der Waals surface area contributed by atoms with Crippen molar-refractivity contribution in [3.8, 4) is 17.0 Å². The highest BCUT2D eigenvalue weighted by Gasteiger charge is 2.33. The molecule has 1 unspecified atom stereocenters. The molecule has 0 saturated heterocycles. The highest BCUT2D eigenvalue weighted by Crippen LogP contribution is 2.40. The van der Waals surface area contributed by atoms with Gasteiger partial charge in [0.25, 0.3) is 10.0 Å². The average Bonchev–Trinajstić information content (AvgIpc) is 3.20. The van der Waals surface area contributed by atoms with Gasteiger partial charge in [-0.25, -0.2) is 21.2 Å². The summed E-state index contributed by atoms with van der Waals surface area (Å²) in [5.41, 5.74) is 1.45. The number of halogens is 3. The number of hydrogen-bond donors (Lipinski definition) is 2. The first-order valence-corrected chi connectivity index (χ1v) is 10.2. The first-order valence-electron chi connectivity index (χ1n) is 8.74. The van der Waals surface area contributed by atoms with E-state index in [0.717, 1.165) is 27.7 Å². The third kappa shape index (κ3) is 3.52. The molecule has 29 heavy (non-hydrogen) atoms. The highest BCUT2D eigenvalue weighted by molar-refractivity contribution is 7.90. The summed E-state index contributed by atoms with van der Waals surface area (Å²) < 4.78 is 55.8. The second-order valence-electron chi connectivity index (χ2n) is 6.70. The van der Waals surface area contributed by atoms with Gasteiger partial charge >= 0.3 is 0 Å². The Morgan fingerprint density at radius 3 is 2.55 bits per heavy atom. The van der Waals surface area contributed by atoms with Crippen molar-refractivity contribution in [3.63, 3.8) is 0 Å². The molecule has 5 nitrogen and oxygen atoms in total. The monoisotopic (exact) mass is 440 g/mol. The minimum atomic E-state index is -4.11. The maximum absolute atomic E-state index is 14.5. The van der Waals surface area contributed by atoms with Crippen LogP contribution in [-0.4, -0.2) is 24.5 Å². The summed E-state index contributed by atoms with van der Waals surface area (Å²) in [4.78, 5) is -0.109. The van der Waals surface area contributed by atoms with E-state index in [-0.39, 0.29) is 40.4 Å². The molecule has 0 saturated carbocycles. The quantitative estimate of drug-likeness (QED) is 0.643. The van der Waals surface area contributed by atoms with Crippen molar-refractivity contribution in [2.45, 2.75) is 23.8 Å². The summed E-state index contributed by atoms with van der Waals surface area (Å²) in [6, 6.07) is 9.97. The number of benzene rings is 2. The number of rotatable bonds is 4. The number of hydrogen-bond acceptors (Lipinski definition) is 4. The van der Waals surface area contributed by atoms with E-state index in [0.29, 0.717) is 18.5 Å². The molecule has 0 radical (unpaired) electrons. The van der Waals surface area contributed by atoms with Gasteiger partial charge in [0.1, 0.15) is 17.4 Å². The van der Waals surface area contributed by atoms with Crippen molar-refractivity contribution in [1.29, 1.82) is 0 Å². The normalized spacial score (nSPS) is 15.8. The number of phenols is 1. The van der Waals surface area contributed by atoms with E-state index in [1.54, 1.807) is 13.1 Å². The largest absolute Gasteiger partial charge is 0.508 e. The van der Waals surface area contributed by atoms with Gasteiger partial charge in [-0.1, -0.05) is 6.07 Å². The van der Waals surface area contributed by atoms with Crippen LogP contribution in [0.25, 0.3) is 11.3 Å². The van der Waals surface area contributed by atoms with E-state index in [9.17, 15) is 22.3 Å². The molecule has 0 fully saturated rings. The van der Waals surface area contributed by atoms with E-state index in [1.165, 1.54) is 24.3 Å². The maximum Gasteiger partial charge on any atom is 0.268 e. The van der Waals surface area contributed by atoms with E-state index in [1.807, 2.05) is 0 Å². The van der Waals surface area contributed by atoms with Crippen LogP contribution in [0.3, 0.4) is 0 Å². The van der Waals surface area contributed by atoms with Crippen molar-refractivity contribution in [2.75, 3.05) is 7.05 Å². The first kappa shape index (κ1) is 21.3. The number of nitrogens with zero attached hydrogens (tertiary/aromatic N) is 1. The van der Waals surface area contributed by atoms with Crippen molar-refractivity contribution >= 4 is 22.4 Å². The molecule has 1 atom stereocenters. The molecule has 9 heteroatoms. The number of phenolic OH excluding ortho intramolecular Hbond substituents is 1. The Morgan fingerprint density at radius 1 is 1.14 bits per heavy atom. The molecule has 1 heterocycles. The van der Waals surface area contributed by atoms with Crippen LogP contribution < -0.4 is 5.32 Å². The van der Waals surface area contributed by atoms with Crippen molar-refractivity contribution in [1.82, 2.24) is 9.29 Å². The van der Waals surface area contributed by atoms with Crippen LogP contribution in [0.15, 0.2) is 53.4 Å². The van der Waals surface area contributed by atoms with Crippen LogP contribution in [0.4, 0.5) is 8.78 Å². The topological polar surface area (TPSA) is 71.3 Å². The van der Waals surface area contributed by atoms with E-state index >= 15 is 0 Å². The molecule has 0 amide bonds. The van der Waals surface area contributed by atoms with Gasteiger partial charge in [-0.2, -0.15) is 0 Å². The summed E-state index contributed by atoms with van der Waals surface area (Å²) in [5.74, 6) is -1.77. The van der Waals surface area contributed by atoms with Gasteiger partial charge in [0.15, 0.2) is 0 Å². The van der Waals surface area contributed by atoms with Crippen LogP contribution in [-0.2, 0) is 16.4 Å². The number of nitrogens with one attached hydrogen (secondary N) is 1. The average molecular weight is 441 g/mol. The Kier molecular flexibility index (Phi) is 5.71. The van der Waals surface area contributed by atoms with Crippen molar-refractivity contribution in [3.05, 3.63) is 71.4 Å². The fourth-order valence-electron chi connectivity index (χ4n) is 3.74. The SMILES string of the molecule is CNC1CCc2c1cc(-c1ccc(F)cc1F)n2S(=O)(=O)c1cccc(O)c1.Cl. The first-order chi connectivity index (χ1) is 13.3. The lowest BCUT2D eigenvalue weighted by molar-refractivity contribution is 0.473. The van der Waals surface area contributed by atoms with Gasteiger partial charge in [0, 0.05) is 29.4 Å². The standard InChI is InChI=1S/C20H18F2N2O3S.ClH/c1-23-18-7-8-19-16(18)11-20(15-6-5-12(21)9-17(15)22)24(19)28(26,27)14-4-2-3-13(25)10-14;/h2-6,9-11,18,23,25H,7-8H2,1H3;1H. The summed E-state index contributed by atoms with van der Waals surface area (Å²) in [7, 11) is -2.34. The summed E-state index contributed by atoms with van der Waals surface area (Å²) in [5, 5.41) is 12.9. The molecule has 2 N–H and O–H groups in total. The van der Waals surface area contributed by atoms with E-state index in [4.69, 9.17) is 0 Å². The fraction of sp³-hybridized carbons (Fsp3) is 0.200. The molecule has 1 aliphatic rings. The summed E-state index contributed by atoms with van der Waals surface area (Å²) >= 11 is 0. The molecule has 2 aromatic carbocycles. The van der Waals surface area contributed by atoms with Gasteiger partial charge in [-0.15, -0.1) is 12.4 Å². The van der Waals surface area contributed by atoms with E-state index < -0.39 is 21.7 Å². The predicted molar refractivity (Wildman–Crippen MR) is 108 cm³/mol. The Balaban J connectivity index is 0.00000240. The second kappa shape index (κ2) is 7.78. The fourth-order valence-corrected chi connectivity index (χ4v) is 5.37. The molecular formula is C20H19ClF2N2O3S. The molecular weight excluding hydrogens is 422 g/mol. The molecule has 3 aromatic rings. The molecule has 4 rings (SSSR count). The van der Waals surface area contributed by atoms with Crippen LogP contribution in [0, 0.1) is 11.6 Å². The Hall–Kier alpha value is -2.42. The number of aromatic nitrogens is 1. The van der Waals surface area contributed by atoms with Gasteiger partial charge in [-0.3, -0.25) is 0 Å². The smallest absolute Gasteiger partial charge is 0.268 e.